The third-order valence-corrected chi connectivity index (χ3v) is 5.62. The van der Waals surface area contributed by atoms with Crippen LogP contribution in [0, 0.1) is 11.3 Å². The van der Waals surface area contributed by atoms with Crippen molar-refractivity contribution >= 4 is 12.0 Å². The molecule has 0 aliphatic rings. The molecule has 36 heavy (non-hydrogen) atoms. The number of amides is 1. The van der Waals surface area contributed by atoms with E-state index < -0.39 is 5.91 Å². The average Bonchev–Trinajstić information content (AvgIpc) is 3.43. The van der Waals surface area contributed by atoms with Gasteiger partial charge in [0.05, 0.1) is 19.4 Å². The summed E-state index contributed by atoms with van der Waals surface area (Å²) in [6.45, 7) is 7.62. The standard InChI is InChI=1S/C29H32N2O5/c1-4-21(3)23-9-11-25(12-10-23)35-15-16-36-27-13-8-22(18-28(27)33-5-2)17-24(19-30)29(32)31-20-26-7-6-14-34-26/h6-14,17-18,21H,4-5,15-16,20H2,1-3H3,(H,31,32)/b24-17+. The second kappa shape index (κ2) is 13.6. The minimum atomic E-state index is -0.485. The number of nitrogens with one attached hydrogen (secondary N) is 1. The normalized spacial score (nSPS) is 11.9. The van der Waals surface area contributed by atoms with Crippen molar-refractivity contribution in [2.24, 2.45) is 0 Å². The first-order valence-corrected chi connectivity index (χ1v) is 12.1. The number of benzene rings is 2. The number of hydrogen-bond acceptors (Lipinski definition) is 6. The maximum atomic E-state index is 12.4. The van der Waals surface area contributed by atoms with Crippen molar-refractivity contribution < 1.29 is 23.4 Å². The lowest BCUT2D eigenvalue weighted by molar-refractivity contribution is -0.117. The highest BCUT2D eigenvalue weighted by molar-refractivity contribution is 6.01. The summed E-state index contributed by atoms with van der Waals surface area (Å²) in [6.07, 6.45) is 4.14. The minimum absolute atomic E-state index is 0.0228. The zero-order chi connectivity index (χ0) is 25.8. The van der Waals surface area contributed by atoms with E-state index in [1.165, 1.54) is 17.9 Å². The van der Waals surface area contributed by atoms with Gasteiger partial charge in [0, 0.05) is 0 Å². The van der Waals surface area contributed by atoms with Crippen LogP contribution >= 0.6 is 0 Å². The third kappa shape index (κ3) is 7.67. The smallest absolute Gasteiger partial charge is 0.262 e. The summed E-state index contributed by atoms with van der Waals surface area (Å²) in [6, 6.07) is 18.8. The van der Waals surface area contributed by atoms with E-state index in [1.807, 2.05) is 25.1 Å². The van der Waals surface area contributed by atoms with Crippen LogP contribution in [0.5, 0.6) is 17.2 Å². The van der Waals surface area contributed by atoms with Crippen LogP contribution in [0.25, 0.3) is 6.08 Å². The fraction of sp³-hybridized carbons (Fsp3) is 0.310. The van der Waals surface area contributed by atoms with Crippen LogP contribution in [-0.4, -0.2) is 25.7 Å². The Morgan fingerprint density at radius 1 is 1.06 bits per heavy atom. The predicted octanol–water partition coefficient (Wildman–Crippen LogP) is 5.87. The molecule has 0 saturated carbocycles. The molecular weight excluding hydrogens is 456 g/mol. The molecule has 7 heteroatoms. The van der Waals surface area contributed by atoms with Crippen molar-refractivity contribution in [2.75, 3.05) is 19.8 Å². The highest BCUT2D eigenvalue weighted by atomic mass is 16.5. The van der Waals surface area contributed by atoms with Gasteiger partial charge in [0.1, 0.15) is 36.4 Å². The van der Waals surface area contributed by atoms with Gasteiger partial charge in [-0.15, -0.1) is 0 Å². The molecule has 3 aromatic rings. The van der Waals surface area contributed by atoms with E-state index in [0.29, 0.717) is 48.6 Å². The second-order valence-electron chi connectivity index (χ2n) is 8.15. The third-order valence-electron chi connectivity index (χ3n) is 5.62. The lowest BCUT2D eigenvalue weighted by Crippen LogP contribution is -2.23. The molecule has 1 atom stereocenters. The number of nitrogens with zero attached hydrogens (tertiary/aromatic N) is 1. The first kappa shape index (κ1) is 26.4. The van der Waals surface area contributed by atoms with Gasteiger partial charge in [0.15, 0.2) is 11.5 Å². The van der Waals surface area contributed by atoms with Crippen molar-refractivity contribution in [1.82, 2.24) is 5.32 Å². The SMILES string of the molecule is CCOc1cc(/C=C(\C#N)C(=O)NCc2ccco2)ccc1OCCOc1ccc(C(C)CC)cc1. The number of carbonyl (C=O) groups is 1. The molecule has 188 valence electrons. The molecule has 1 heterocycles. The summed E-state index contributed by atoms with van der Waals surface area (Å²) in [5.41, 5.74) is 1.92. The number of rotatable bonds is 13. The van der Waals surface area contributed by atoms with Gasteiger partial charge in [0.2, 0.25) is 0 Å². The van der Waals surface area contributed by atoms with Crippen molar-refractivity contribution in [3.05, 3.63) is 83.3 Å². The number of nitriles is 1. The molecule has 0 radical (unpaired) electrons. The zero-order valence-corrected chi connectivity index (χ0v) is 21.0. The Bertz CT molecular complexity index is 1180. The summed E-state index contributed by atoms with van der Waals surface area (Å²) >= 11 is 0. The van der Waals surface area contributed by atoms with Gasteiger partial charge in [-0.25, -0.2) is 0 Å². The van der Waals surface area contributed by atoms with E-state index in [-0.39, 0.29) is 12.1 Å². The maximum absolute atomic E-state index is 12.4. The van der Waals surface area contributed by atoms with E-state index in [1.54, 1.807) is 30.3 Å². The van der Waals surface area contributed by atoms with Gasteiger partial charge in [0.25, 0.3) is 5.91 Å². The van der Waals surface area contributed by atoms with Gasteiger partial charge in [-0.2, -0.15) is 5.26 Å². The van der Waals surface area contributed by atoms with Crippen molar-refractivity contribution in [3.8, 4) is 23.3 Å². The van der Waals surface area contributed by atoms with E-state index in [2.05, 4.69) is 31.3 Å². The molecule has 0 saturated heterocycles. The maximum Gasteiger partial charge on any atom is 0.262 e. The van der Waals surface area contributed by atoms with Crippen LogP contribution in [0.4, 0.5) is 0 Å². The number of ether oxygens (including phenoxy) is 3. The summed E-state index contributed by atoms with van der Waals surface area (Å²) < 4.78 is 22.6. The van der Waals surface area contributed by atoms with Crippen LogP contribution in [-0.2, 0) is 11.3 Å². The topological polar surface area (TPSA) is 93.7 Å². The summed E-state index contributed by atoms with van der Waals surface area (Å²) in [7, 11) is 0. The Balaban J connectivity index is 1.58. The van der Waals surface area contributed by atoms with Crippen LogP contribution < -0.4 is 19.5 Å². The Hall–Kier alpha value is -4.18. The van der Waals surface area contributed by atoms with Crippen LogP contribution in [0.2, 0.25) is 0 Å². The fourth-order valence-corrected chi connectivity index (χ4v) is 3.43. The van der Waals surface area contributed by atoms with Gasteiger partial charge < -0.3 is 23.9 Å². The first-order valence-electron chi connectivity index (χ1n) is 12.1. The van der Waals surface area contributed by atoms with Crippen molar-refractivity contribution in [3.63, 3.8) is 0 Å². The molecule has 1 aromatic heterocycles. The summed E-state index contributed by atoms with van der Waals surface area (Å²) in [5.74, 6) is 2.53. The highest BCUT2D eigenvalue weighted by Crippen LogP contribution is 2.29. The summed E-state index contributed by atoms with van der Waals surface area (Å²) in [5, 5.41) is 12.1. The molecule has 1 unspecified atom stereocenters. The molecule has 0 aliphatic heterocycles. The largest absolute Gasteiger partial charge is 0.490 e. The van der Waals surface area contributed by atoms with Gasteiger partial charge >= 0.3 is 0 Å². The molecule has 0 bridgehead atoms. The van der Waals surface area contributed by atoms with Crippen LogP contribution in [0.1, 0.15) is 50.0 Å². The van der Waals surface area contributed by atoms with E-state index in [9.17, 15) is 10.1 Å². The number of furan rings is 1. The number of hydrogen-bond donors (Lipinski definition) is 1. The van der Waals surface area contributed by atoms with Gasteiger partial charge in [-0.3, -0.25) is 4.79 Å². The summed E-state index contributed by atoms with van der Waals surface area (Å²) in [4.78, 5) is 12.4. The molecular formula is C29H32N2O5. The minimum Gasteiger partial charge on any atom is -0.490 e. The van der Waals surface area contributed by atoms with Crippen molar-refractivity contribution in [2.45, 2.75) is 39.7 Å². The monoisotopic (exact) mass is 488 g/mol. The van der Waals surface area contributed by atoms with E-state index in [0.717, 1.165) is 12.2 Å². The molecule has 7 nitrogen and oxygen atoms in total. The molecule has 0 aliphatic carbocycles. The first-order chi connectivity index (χ1) is 17.5. The van der Waals surface area contributed by atoms with Gasteiger partial charge in [-0.05, 0) is 72.9 Å². The fourth-order valence-electron chi connectivity index (χ4n) is 3.43. The molecule has 3 rings (SSSR count). The Morgan fingerprint density at radius 2 is 1.83 bits per heavy atom. The molecule has 0 fully saturated rings. The lowest BCUT2D eigenvalue weighted by atomic mass is 9.99. The molecule has 1 amide bonds. The van der Waals surface area contributed by atoms with E-state index in [4.69, 9.17) is 18.6 Å². The quantitative estimate of drug-likeness (QED) is 0.184. The lowest BCUT2D eigenvalue weighted by Gasteiger charge is -2.14. The highest BCUT2D eigenvalue weighted by Gasteiger charge is 2.12. The Kier molecular flexibility index (Phi) is 10.0. The van der Waals surface area contributed by atoms with Crippen LogP contribution in [0.3, 0.4) is 0 Å². The van der Waals surface area contributed by atoms with E-state index >= 15 is 0 Å². The molecule has 2 aromatic carbocycles. The Morgan fingerprint density at radius 3 is 2.50 bits per heavy atom. The predicted molar refractivity (Wildman–Crippen MR) is 138 cm³/mol. The average molecular weight is 489 g/mol. The molecule has 0 spiro atoms. The molecule has 1 N–H and O–H groups in total. The van der Waals surface area contributed by atoms with Gasteiger partial charge in [-0.1, -0.05) is 32.0 Å². The Labute approximate surface area is 212 Å². The van der Waals surface area contributed by atoms with Crippen molar-refractivity contribution in [1.29, 1.82) is 5.26 Å². The second-order valence-corrected chi connectivity index (χ2v) is 8.15. The zero-order valence-electron chi connectivity index (χ0n) is 21.0. The van der Waals surface area contributed by atoms with Crippen LogP contribution in [0.15, 0.2) is 70.9 Å². The number of carbonyl (C=O) groups excluding carboxylic acids is 1.